The highest BCUT2D eigenvalue weighted by molar-refractivity contribution is 14.0. The van der Waals surface area contributed by atoms with Gasteiger partial charge >= 0.3 is 0 Å². The number of halogens is 2. The van der Waals surface area contributed by atoms with Crippen LogP contribution in [-0.4, -0.2) is 36.6 Å². The molecule has 1 unspecified atom stereocenters. The Morgan fingerprint density at radius 1 is 1.41 bits per heavy atom. The average molecular weight is 520 g/mol. The van der Waals surface area contributed by atoms with Gasteiger partial charge in [-0.3, -0.25) is 0 Å². The molecule has 27 heavy (non-hydrogen) atoms. The Labute approximate surface area is 187 Å². The molecule has 0 saturated carbocycles. The van der Waals surface area contributed by atoms with E-state index >= 15 is 0 Å². The number of nitrogens with one attached hydrogen (secondary N) is 2. The van der Waals surface area contributed by atoms with Crippen LogP contribution in [0.1, 0.15) is 28.9 Å². The molecule has 5 nitrogen and oxygen atoms in total. The van der Waals surface area contributed by atoms with Crippen LogP contribution < -0.4 is 15.5 Å². The lowest BCUT2D eigenvalue weighted by Gasteiger charge is -2.20. The summed E-state index contributed by atoms with van der Waals surface area (Å²) in [6.07, 6.45) is 1.08. The van der Waals surface area contributed by atoms with Gasteiger partial charge < -0.3 is 15.5 Å². The number of hydrogen-bond acceptors (Lipinski definition) is 4. The van der Waals surface area contributed by atoms with E-state index in [1.54, 1.807) is 11.3 Å². The molecule has 8 heteroatoms. The molecule has 0 amide bonds. The van der Waals surface area contributed by atoms with Crippen LogP contribution in [0.25, 0.3) is 0 Å². The van der Waals surface area contributed by atoms with E-state index in [-0.39, 0.29) is 24.0 Å². The number of aliphatic imine (C=N–C) groups is 1. The van der Waals surface area contributed by atoms with Gasteiger partial charge in [0.15, 0.2) is 5.96 Å². The Balaban J connectivity index is 0.00000261. The fourth-order valence-corrected chi connectivity index (χ4v) is 4.22. The number of rotatable bonds is 5. The number of guanidine groups is 1. The van der Waals surface area contributed by atoms with Crippen molar-refractivity contribution in [2.24, 2.45) is 4.99 Å². The monoisotopic (exact) mass is 519 g/mol. The molecule has 3 rings (SSSR count). The summed E-state index contributed by atoms with van der Waals surface area (Å²) in [6.45, 7) is 9.65. The summed E-state index contributed by atoms with van der Waals surface area (Å²) in [5.74, 6) is 0.871. The molecule has 0 aliphatic carbocycles. The van der Waals surface area contributed by atoms with Crippen LogP contribution in [0.3, 0.4) is 0 Å². The zero-order chi connectivity index (χ0) is 18.5. The third kappa shape index (κ3) is 6.22. The van der Waals surface area contributed by atoms with Gasteiger partial charge in [0.05, 0.1) is 17.2 Å². The fraction of sp³-hybridized carbons (Fsp3) is 0.474. The Hall–Kier alpha value is -1.06. The molecular formula is C19H27ClIN5S. The van der Waals surface area contributed by atoms with Gasteiger partial charge in [-0.05, 0) is 45.4 Å². The first-order chi connectivity index (χ1) is 12.5. The Bertz CT molecular complexity index is 779. The molecule has 1 aromatic carbocycles. The zero-order valence-corrected chi connectivity index (χ0v) is 19.9. The second-order valence-electron chi connectivity index (χ2n) is 6.49. The predicted molar refractivity (Wildman–Crippen MR) is 127 cm³/mol. The highest BCUT2D eigenvalue weighted by Gasteiger charge is 2.23. The van der Waals surface area contributed by atoms with Crippen LogP contribution in [0.15, 0.2) is 29.3 Å². The highest BCUT2D eigenvalue weighted by atomic mass is 127. The third-order valence-corrected chi connectivity index (χ3v) is 5.72. The minimum Gasteiger partial charge on any atom is -0.369 e. The second kappa shape index (κ2) is 10.5. The van der Waals surface area contributed by atoms with Gasteiger partial charge in [-0.25, -0.2) is 9.98 Å². The minimum atomic E-state index is 0. The fourth-order valence-electron chi connectivity index (χ4n) is 3.17. The number of hydrogen-bond donors (Lipinski definition) is 2. The van der Waals surface area contributed by atoms with Gasteiger partial charge in [-0.15, -0.1) is 35.3 Å². The van der Waals surface area contributed by atoms with Crippen molar-refractivity contribution in [2.45, 2.75) is 39.8 Å². The third-order valence-electron chi connectivity index (χ3n) is 4.43. The first-order valence-corrected chi connectivity index (χ1v) is 10.2. The summed E-state index contributed by atoms with van der Waals surface area (Å²) < 4.78 is 0. The minimum absolute atomic E-state index is 0. The van der Waals surface area contributed by atoms with Crippen molar-refractivity contribution in [2.75, 3.05) is 24.5 Å². The van der Waals surface area contributed by atoms with E-state index < -0.39 is 0 Å². The Morgan fingerprint density at radius 3 is 2.89 bits per heavy atom. The molecule has 148 valence electrons. The molecule has 1 fully saturated rings. The molecule has 1 saturated heterocycles. The quantitative estimate of drug-likeness (QED) is 0.350. The van der Waals surface area contributed by atoms with Crippen molar-refractivity contribution in [3.63, 3.8) is 0 Å². The first-order valence-electron chi connectivity index (χ1n) is 9.03. The van der Waals surface area contributed by atoms with E-state index in [1.165, 1.54) is 10.6 Å². The molecule has 2 aromatic rings. The number of aromatic nitrogens is 1. The van der Waals surface area contributed by atoms with Crippen molar-refractivity contribution in [1.82, 2.24) is 15.6 Å². The Kier molecular flexibility index (Phi) is 8.62. The van der Waals surface area contributed by atoms with E-state index in [0.29, 0.717) is 12.6 Å². The van der Waals surface area contributed by atoms with E-state index in [1.807, 2.05) is 25.1 Å². The lowest BCUT2D eigenvalue weighted by Crippen LogP contribution is -2.44. The maximum absolute atomic E-state index is 6.12. The van der Waals surface area contributed by atoms with E-state index in [0.717, 1.165) is 47.7 Å². The maximum atomic E-state index is 6.12. The smallest absolute Gasteiger partial charge is 0.191 e. The normalized spacial score (nSPS) is 17.0. The van der Waals surface area contributed by atoms with Gasteiger partial charge in [-0.2, -0.15) is 0 Å². The summed E-state index contributed by atoms with van der Waals surface area (Å²) in [6, 6.07) is 8.43. The van der Waals surface area contributed by atoms with Crippen LogP contribution in [0, 0.1) is 13.8 Å². The lowest BCUT2D eigenvalue weighted by molar-refractivity contribution is 0.649. The number of aryl methyl sites for hydroxylation is 2. The van der Waals surface area contributed by atoms with Crippen LogP contribution >= 0.6 is 46.9 Å². The number of thiazole rings is 1. The molecule has 1 aliphatic heterocycles. The SMILES string of the molecule is CCNC(=NCc1sc(C)nc1C)NC1CCN(c2cccc(Cl)c2)C1.I. The molecule has 2 N–H and O–H groups in total. The number of nitrogens with zero attached hydrogens (tertiary/aromatic N) is 3. The van der Waals surface area contributed by atoms with Crippen molar-refractivity contribution in [1.29, 1.82) is 0 Å². The maximum Gasteiger partial charge on any atom is 0.191 e. The van der Waals surface area contributed by atoms with Crippen LogP contribution in [0.5, 0.6) is 0 Å². The van der Waals surface area contributed by atoms with Crippen LogP contribution in [0.2, 0.25) is 5.02 Å². The molecule has 1 aliphatic rings. The lowest BCUT2D eigenvalue weighted by atomic mass is 10.2. The second-order valence-corrected chi connectivity index (χ2v) is 8.22. The molecular weight excluding hydrogens is 493 g/mol. The van der Waals surface area contributed by atoms with Crippen LogP contribution in [-0.2, 0) is 6.54 Å². The Morgan fingerprint density at radius 2 is 2.22 bits per heavy atom. The van der Waals surface area contributed by atoms with Gasteiger partial charge in [0.25, 0.3) is 0 Å². The van der Waals surface area contributed by atoms with E-state index in [4.69, 9.17) is 16.6 Å². The average Bonchev–Trinajstić information content (AvgIpc) is 3.19. The predicted octanol–water partition coefficient (Wildman–Crippen LogP) is 4.37. The summed E-state index contributed by atoms with van der Waals surface area (Å²) in [7, 11) is 0. The number of anilines is 1. The standard InChI is InChI=1S/C19H26ClN5S.HI/c1-4-21-19(22-11-18-13(2)23-14(3)26-18)24-16-8-9-25(12-16)17-7-5-6-15(20)10-17;/h5-7,10,16H,4,8-9,11-12H2,1-3H3,(H2,21,22,24);1H. The summed E-state index contributed by atoms with van der Waals surface area (Å²) in [5.41, 5.74) is 2.26. The van der Waals surface area contributed by atoms with Crippen molar-refractivity contribution in [3.05, 3.63) is 44.9 Å². The van der Waals surface area contributed by atoms with Gasteiger partial charge in [-0.1, -0.05) is 17.7 Å². The van der Waals surface area contributed by atoms with Gasteiger partial charge in [0.2, 0.25) is 0 Å². The molecule has 0 spiro atoms. The highest BCUT2D eigenvalue weighted by Crippen LogP contribution is 2.23. The van der Waals surface area contributed by atoms with Crippen LogP contribution in [0.4, 0.5) is 5.69 Å². The molecule has 1 aromatic heterocycles. The largest absolute Gasteiger partial charge is 0.369 e. The number of benzene rings is 1. The molecule has 2 heterocycles. The zero-order valence-electron chi connectivity index (χ0n) is 16.0. The van der Waals surface area contributed by atoms with E-state index in [2.05, 4.69) is 40.4 Å². The topological polar surface area (TPSA) is 52.6 Å². The van der Waals surface area contributed by atoms with Gasteiger partial charge in [0, 0.05) is 41.3 Å². The summed E-state index contributed by atoms with van der Waals surface area (Å²) in [5, 5.41) is 8.81. The molecule has 0 radical (unpaired) electrons. The van der Waals surface area contributed by atoms with Gasteiger partial charge in [0.1, 0.15) is 0 Å². The first kappa shape index (κ1) is 22.2. The van der Waals surface area contributed by atoms with Crippen molar-refractivity contribution in [3.8, 4) is 0 Å². The molecule has 0 bridgehead atoms. The van der Waals surface area contributed by atoms with E-state index in [9.17, 15) is 0 Å². The van der Waals surface area contributed by atoms with Crippen molar-refractivity contribution < 1.29 is 0 Å². The molecule has 1 atom stereocenters. The van der Waals surface area contributed by atoms with Crippen molar-refractivity contribution >= 4 is 58.6 Å². The summed E-state index contributed by atoms with van der Waals surface area (Å²) in [4.78, 5) is 12.8. The summed E-state index contributed by atoms with van der Waals surface area (Å²) >= 11 is 7.85.